The van der Waals surface area contributed by atoms with Gasteiger partial charge in [-0.2, -0.15) is 0 Å². The molecule has 0 saturated carbocycles. The number of sulfonamides is 1. The van der Waals surface area contributed by atoms with Crippen LogP contribution in [0.5, 0.6) is 0 Å². The summed E-state index contributed by atoms with van der Waals surface area (Å²) in [4.78, 5) is 0. The first-order chi connectivity index (χ1) is 7.53. The largest absolute Gasteiger partial charge is 0.381 e. The van der Waals surface area contributed by atoms with Gasteiger partial charge >= 0.3 is 0 Å². The molecule has 1 aliphatic rings. The average Bonchev–Trinajstić information content (AvgIpc) is 2.69. The van der Waals surface area contributed by atoms with Crippen LogP contribution in [0.25, 0.3) is 0 Å². The maximum atomic E-state index is 11.6. The Balaban J connectivity index is 2.19. The van der Waals surface area contributed by atoms with Crippen LogP contribution in [-0.4, -0.2) is 39.8 Å². The van der Waals surface area contributed by atoms with Crippen molar-refractivity contribution in [2.75, 3.05) is 31.4 Å². The molecule has 0 aliphatic carbocycles. The van der Waals surface area contributed by atoms with E-state index in [-0.39, 0.29) is 11.7 Å². The summed E-state index contributed by atoms with van der Waals surface area (Å²) in [5, 5.41) is 0. The van der Waals surface area contributed by atoms with Gasteiger partial charge in [0.05, 0.1) is 5.75 Å². The summed E-state index contributed by atoms with van der Waals surface area (Å²) in [5.74, 6) is 0.983. The Kier molecular flexibility index (Phi) is 6.03. The molecular weight excluding hydrogens is 250 g/mol. The fourth-order valence-corrected chi connectivity index (χ4v) is 3.36. The van der Waals surface area contributed by atoms with Crippen molar-refractivity contribution in [3.8, 4) is 0 Å². The highest BCUT2D eigenvalue weighted by Crippen LogP contribution is 2.15. The molecule has 1 aliphatic heterocycles. The Morgan fingerprint density at radius 2 is 2.31 bits per heavy atom. The van der Waals surface area contributed by atoms with E-state index in [1.807, 2.05) is 6.92 Å². The third kappa shape index (κ3) is 5.48. The molecule has 0 aromatic rings. The van der Waals surface area contributed by atoms with Gasteiger partial charge in [0.25, 0.3) is 0 Å². The second-order valence-corrected chi connectivity index (χ2v) is 6.61. The van der Waals surface area contributed by atoms with Crippen LogP contribution in [-0.2, 0) is 14.8 Å². The Morgan fingerprint density at radius 3 is 2.88 bits per heavy atom. The fourth-order valence-electron chi connectivity index (χ4n) is 1.71. The van der Waals surface area contributed by atoms with Crippen molar-refractivity contribution in [3.63, 3.8) is 0 Å². The van der Waals surface area contributed by atoms with Gasteiger partial charge in [0.15, 0.2) is 0 Å². The second-order valence-electron chi connectivity index (χ2n) is 4.45. The standard InChI is InChI=1S/C10H20ClNO3S/c1-9(6-11)8-16(13,14)12-4-2-10-3-5-15-7-10/h9-10,12H,2-8H2,1H3. The van der Waals surface area contributed by atoms with Gasteiger partial charge in [-0.1, -0.05) is 6.92 Å². The number of hydrogen-bond acceptors (Lipinski definition) is 3. The molecule has 6 heteroatoms. The van der Waals surface area contributed by atoms with Gasteiger partial charge in [0.1, 0.15) is 0 Å². The summed E-state index contributed by atoms with van der Waals surface area (Å²) in [7, 11) is -3.16. The van der Waals surface area contributed by atoms with Crippen molar-refractivity contribution in [2.24, 2.45) is 11.8 Å². The lowest BCUT2D eigenvalue weighted by atomic mass is 10.1. The SMILES string of the molecule is CC(CCl)CS(=O)(=O)NCCC1CCOC1. The first kappa shape index (κ1) is 14.2. The molecule has 1 fully saturated rings. The van der Waals surface area contributed by atoms with E-state index >= 15 is 0 Å². The molecule has 0 amide bonds. The smallest absolute Gasteiger partial charge is 0.211 e. The lowest BCUT2D eigenvalue weighted by Gasteiger charge is -2.11. The van der Waals surface area contributed by atoms with Crippen molar-refractivity contribution in [1.82, 2.24) is 4.72 Å². The Bertz CT molecular complexity index is 288. The number of alkyl halides is 1. The van der Waals surface area contributed by atoms with Crippen molar-refractivity contribution in [3.05, 3.63) is 0 Å². The number of halogens is 1. The molecule has 1 heterocycles. The highest BCUT2D eigenvalue weighted by atomic mass is 35.5. The zero-order chi connectivity index (χ0) is 12.0. The molecule has 0 radical (unpaired) electrons. The normalized spacial score (nSPS) is 23.5. The van der Waals surface area contributed by atoms with Crippen LogP contribution < -0.4 is 4.72 Å². The molecule has 4 nitrogen and oxygen atoms in total. The molecule has 96 valence electrons. The number of ether oxygens (including phenoxy) is 1. The lowest BCUT2D eigenvalue weighted by Crippen LogP contribution is -2.31. The van der Waals surface area contributed by atoms with E-state index in [4.69, 9.17) is 16.3 Å². The van der Waals surface area contributed by atoms with Crippen LogP contribution in [0, 0.1) is 11.8 Å². The van der Waals surface area contributed by atoms with Crippen LogP contribution in [0.4, 0.5) is 0 Å². The third-order valence-electron chi connectivity index (χ3n) is 2.67. The van der Waals surface area contributed by atoms with E-state index in [1.54, 1.807) is 0 Å². The van der Waals surface area contributed by atoms with Crippen LogP contribution in [0.1, 0.15) is 19.8 Å². The van der Waals surface area contributed by atoms with Crippen LogP contribution in [0.2, 0.25) is 0 Å². The Hall–Kier alpha value is 0.160. The van der Waals surface area contributed by atoms with Gasteiger partial charge in [0.2, 0.25) is 10.0 Å². The van der Waals surface area contributed by atoms with Crippen LogP contribution >= 0.6 is 11.6 Å². The van der Waals surface area contributed by atoms with Crippen molar-refractivity contribution in [2.45, 2.75) is 19.8 Å². The van der Waals surface area contributed by atoms with E-state index in [0.29, 0.717) is 18.3 Å². The monoisotopic (exact) mass is 269 g/mol. The molecule has 0 aromatic heterocycles. The quantitative estimate of drug-likeness (QED) is 0.707. The van der Waals surface area contributed by atoms with Crippen molar-refractivity contribution < 1.29 is 13.2 Å². The average molecular weight is 270 g/mol. The predicted molar refractivity (Wildman–Crippen MR) is 65.2 cm³/mol. The maximum absolute atomic E-state index is 11.6. The van der Waals surface area contributed by atoms with E-state index in [2.05, 4.69) is 4.72 Å². The van der Waals surface area contributed by atoms with Crippen LogP contribution in [0.15, 0.2) is 0 Å². The molecule has 2 unspecified atom stereocenters. The summed E-state index contributed by atoms with van der Waals surface area (Å²) in [6.07, 6.45) is 1.90. The first-order valence-electron chi connectivity index (χ1n) is 5.64. The van der Waals surface area contributed by atoms with Gasteiger partial charge in [0, 0.05) is 25.6 Å². The van der Waals surface area contributed by atoms with Gasteiger partial charge in [-0.15, -0.1) is 11.6 Å². The highest BCUT2D eigenvalue weighted by molar-refractivity contribution is 7.89. The summed E-state index contributed by atoms with van der Waals surface area (Å²) >= 11 is 5.59. The second kappa shape index (κ2) is 6.79. The first-order valence-corrected chi connectivity index (χ1v) is 7.83. The van der Waals surface area contributed by atoms with E-state index in [0.717, 1.165) is 26.1 Å². The van der Waals surface area contributed by atoms with E-state index in [9.17, 15) is 8.42 Å². The maximum Gasteiger partial charge on any atom is 0.211 e. The molecule has 1 rings (SSSR count). The zero-order valence-electron chi connectivity index (χ0n) is 9.62. The summed E-state index contributed by atoms with van der Waals surface area (Å²) < 4.78 is 31.0. The zero-order valence-corrected chi connectivity index (χ0v) is 11.2. The number of nitrogens with one attached hydrogen (secondary N) is 1. The van der Waals surface area contributed by atoms with Crippen molar-refractivity contribution in [1.29, 1.82) is 0 Å². The summed E-state index contributed by atoms with van der Waals surface area (Å²) in [5.41, 5.74) is 0. The molecule has 2 atom stereocenters. The summed E-state index contributed by atoms with van der Waals surface area (Å²) in [6.45, 7) is 3.91. The molecule has 0 spiro atoms. The fraction of sp³-hybridized carbons (Fsp3) is 1.00. The van der Waals surface area contributed by atoms with Gasteiger partial charge in [-0.3, -0.25) is 0 Å². The minimum Gasteiger partial charge on any atom is -0.381 e. The highest BCUT2D eigenvalue weighted by Gasteiger charge is 2.18. The van der Waals surface area contributed by atoms with Crippen molar-refractivity contribution >= 4 is 21.6 Å². The van der Waals surface area contributed by atoms with E-state index < -0.39 is 10.0 Å². The molecule has 16 heavy (non-hydrogen) atoms. The Morgan fingerprint density at radius 1 is 1.56 bits per heavy atom. The topological polar surface area (TPSA) is 55.4 Å². The van der Waals surface area contributed by atoms with E-state index in [1.165, 1.54) is 0 Å². The van der Waals surface area contributed by atoms with Gasteiger partial charge in [-0.25, -0.2) is 13.1 Å². The van der Waals surface area contributed by atoms with Crippen LogP contribution in [0.3, 0.4) is 0 Å². The minimum absolute atomic E-state index is 0.00557. The third-order valence-corrected chi connectivity index (χ3v) is 4.84. The minimum atomic E-state index is -3.16. The number of hydrogen-bond donors (Lipinski definition) is 1. The molecule has 1 N–H and O–H groups in total. The Labute approximate surface area is 103 Å². The number of rotatable bonds is 7. The van der Waals surface area contributed by atoms with Gasteiger partial charge in [-0.05, 0) is 24.7 Å². The van der Waals surface area contributed by atoms with Gasteiger partial charge < -0.3 is 4.74 Å². The predicted octanol–water partition coefficient (Wildman–Crippen LogP) is 1.21. The summed E-state index contributed by atoms with van der Waals surface area (Å²) in [6, 6.07) is 0. The molecular formula is C10H20ClNO3S. The molecule has 0 aromatic carbocycles. The lowest BCUT2D eigenvalue weighted by molar-refractivity contribution is 0.184. The molecule has 1 saturated heterocycles. The molecule has 0 bridgehead atoms.